The van der Waals surface area contributed by atoms with E-state index in [0.717, 1.165) is 28.0 Å². The lowest BCUT2D eigenvalue weighted by Crippen LogP contribution is -2.42. The molecule has 3 aromatic rings. The topological polar surface area (TPSA) is 70.4 Å². The number of aryl methyl sites for hydroxylation is 2. The fraction of sp³-hybridized carbons (Fsp3) is 0.222. The maximum absolute atomic E-state index is 13.0. The predicted octanol–water partition coefficient (Wildman–Crippen LogP) is 3.72. The van der Waals surface area contributed by atoms with E-state index in [4.69, 9.17) is 4.74 Å². The smallest absolute Gasteiger partial charge is 0.304 e. The second kappa shape index (κ2) is 9.69. The Labute approximate surface area is 193 Å². The summed E-state index contributed by atoms with van der Waals surface area (Å²) in [6.07, 6.45) is 1.87. The van der Waals surface area contributed by atoms with Crippen LogP contribution in [0, 0.1) is 13.8 Å². The van der Waals surface area contributed by atoms with Crippen molar-refractivity contribution in [2.24, 2.45) is 0 Å². The zero-order valence-corrected chi connectivity index (χ0v) is 19.0. The first-order valence-electron chi connectivity index (χ1n) is 11.1. The first-order chi connectivity index (χ1) is 15.9. The maximum atomic E-state index is 13.0. The minimum atomic E-state index is -0.750. The highest BCUT2D eigenvalue weighted by molar-refractivity contribution is 5.98. The Morgan fingerprint density at radius 3 is 2.18 bits per heavy atom. The van der Waals surface area contributed by atoms with Crippen molar-refractivity contribution in [2.75, 3.05) is 6.61 Å². The van der Waals surface area contributed by atoms with E-state index < -0.39 is 12.1 Å². The van der Waals surface area contributed by atoms with Gasteiger partial charge in [-0.25, -0.2) is 0 Å². The largest absolute Gasteiger partial charge is 0.494 e. The molecular formula is C27H28N3O3+. The highest BCUT2D eigenvalue weighted by Gasteiger charge is 2.47. The van der Waals surface area contributed by atoms with Crippen molar-refractivity contribution in [3.8, 4) is 5.75 Å². The highest BCUT2D eigenvalue weighted by Crippen LogP contribution is 2.26. The molecule has 0 unspecified atom stereocenters. The molecule has 2 N–H and O–H groups in total. The van der Waals surface area contributed by atoms with Crippen LogP contribution in [-0.4, -0.2) is 35.4 Å². The average Bonchev–Trinajstić information content (AvgIpc) is 3.10. The SMILES string of the molecule is CCOc1ccc(/C=[N+]2\NC(=O)[C@@H](NC(=O)c3ccc(C)cc3)[C@H]2c2ccc(C)cc2)cc1. The molecular weight excluding hydrogens is 414 g/mol. The first-order valence-corrected chi connectivity index (χ1v) is 11.1. The van der Waals surface area contributed by atoms with Crippen LogP contribution in [0.15, 0.2) is 72.8 Å². The molecule has 0 bridgehead atoms. The Balaban J connectivity index is 1.66. The van der Waals surface area contributed by atoms with Crippen LogP contribution in [-0.2, 0) is 4.79 Å². The minimum absolute atomic E-state index is 0.261. The van der Waals surface area contributed by atoms with Gasteiger partial charge in [-0.05, 0) is 57.2 Å². The van der Waals surface area contributed by atoms with E-state index in [2.05, 4.69) is 10.7 Å². The molecule has 3 aromatic carbocycles. The molecule has 0 aliphatic carbocycles. The van der Waals surface area contributed by atoms with Crippen LogP contribution in [0.1, 0.15) is 45.6 Å². The van der Waals surface area contributed by atoms with E-state index in [1.165, 1.54) is 0 Å². The summed E-state index contributed by atoms with van der Waals surface area (Å²) < 4.78 is 7.28. The number of hydrogen-bond acceptors (Lipinski definition) is 3. The van der Waals surface area contributed by atoms with Gasteiger partial charge in [0.25, 0.3) is 5.91 Å². The number of benzene rings is 3. The van der Waals surface area contributed by atoms with E-state index >= 15 is 0 Å². The molecule has 0 saturated carbocycles. The van der Waals surface area contributed by atoms with Gasteiger partial charge in [0.2, 0.25) is 12.3 Å². The number of rotatable bonds is 6. The first kappa shape index (κ1) is 22.3. The molecule has 1 aliphatic rings. The summed E-state index contributed by atoms with van der Waals surface area (Å²) in [5, 5.41) is 2.94. The van der Waals surface area contributed by atoms with E-state index in [0.29, 0.717) is 12.2 Å². The zero-order chi connectivity index (χ0) is 23.4. The number of carbonyl (C=O) groups excluding carboxylic acids is 2. The molecule has 2 atom stereocenters. The number of nitrogens with one attached hydrogen (secondary N) is 2. The third kappa shape index (κ3) is 5.12. The van der Waals surface area contributed by atoms with Crippen LogP contribution in [0.4, 0.5) is 0 Å². The fourth-order valence-corrected chi connectivity index (χ4v) is 3.85. The lowest BCUT2D eigenvalue weighted by Gasteiger charge is -2.15. The monoisotopic (exact) mass is 442 g/mol. The summed E-state index contributed by atoms with van der Waals surface area (Å²) in [6.45, 7) is 6.52. The Bertz CT molecular complexity index is 1170. The van der Waals surface area contributed by atoms with Crippen LogP contribution >= 0.6 is 0 Å². The van der Waals surface area contributed by atoms with Gasteiger partial charge >= 0.3 is 5.91 Å². The van der Waals surface area contributed by atoms with Gasteiger partial charge in [0.05, 0.1) is 6.61 Å². The standard InChI is InChI=1S/C27H27N3O3/c1-4-33-23-15-9-20(10-16-23)17-30-25(21-11-5-18(2)6-12-21)24(27(32)29-30)28-26(31)22-13-7-19(3)8-14-22/h5-17,24-25H,4H2,1-3H3,(H-,28,29,31,32)/p+1/b30-17-/t24-,25+/m0/s1. The van der Waals surface area contributed by atoms with Gasteiger partial charge in [-0.15, -0.1) is 10.1 Å². The molecule has 0 radical (unpaired) electrons. The summed E-state index contributed by atoms with van der Waals surface area (Å²) in [4.78, 5) is 25.9. The summed E-state index contributed by atoms with van der Waals surface area (Å²) in [7, 11) is 0. The van der Waals surface area contributed by atoms with E-state index in [1.54, 1.807) is 16.8 Å². The van der Waals surface area contributed by atoms with Crippen molar-refractivity contribution in [3.63, 3.8) is 0 Å². The number of ether oxygens (including phenoxy) is 1. The average molecular weight is 443 g/mol. The number of nitrogens with zero attached hydrogens (tertiary/aromatic N) is 1. The van der Waals surface area contributed by atoms with E-state index in [9.17, 15) is 9.59 Å². The Kier molecular flexibility index (Phi) is 6.54. The molecule has 168 valence electrons. The number of amides is 2. The Morgan fingerprint density at radius 2 is 1.58 bits per heavy atom. The van der Waals surface area contributed by atoms with Crippen molar-refractivity contribution in [2.45, 2.75) is 32.9 Å². The minimum Gasteiger partial charge on any atom is -0.494 e. The maximum Gasteiger partial charge on any atom is 0.304 e. The van der Waals surface area contributed by atoms with Crippen molar-refractivity contribution in [3.05, 3.63) is 101 Å². The zero-order valence-electron chi connectivity index (χ0n) is 19.0. The van der Waals surface area contributed by atoms with Crippen molar-refractivity contribution in [1.82, 2.24) is 10.7 Å². The molecule has 1 fully saturated rings. The Hall–Kier alpha value is -3.93. The molecule has 1 heterocycles. The van der Waals surface area contributed by atoms with Crippen molar-refractivity contribution in [1.29, 1.82) is 0 Å². The summed E-state index contributed by atoms with van der Waals surface area (Å²) in [5.74, 6) is 0.247. The Morgan fingerprint density at radius 1 is 0.970 bits per heavy atom. The van der Waals surface area contributed by atoms with Gasteiger partial charge in [-0.3, -0.25) is 9.59 Å². The van der Waals surface area contributed by atoms with Gasteiger partial charge in [0, 0.05) is 16.7 Å². The second-order valence-electron chi connectivity index (χ2n) is 8.19. The number of hydrazine groups is 1. The summed E-state index contributed by atoms with van der Waals surface area (Å²) in [6, 6.07) is 21.8. The van der Waals surface area contributed by atoms with Crippen LogP contribution in [0.2, 0.25) is 0 Å². The lowest BCUT2D eigenvalue weighted by molar-refractivity contribution is -0.596. The normalized spacial score (nSPS) is 18.8. The molecule has 2 amide bonds. The van der Waals surface area contributed by atoms with E-state index in [-0.39, 0.29) is 11.8 Å². The van der Waals surface area contributed by atoms with Crippen molar-refractivity contribution < 1.29 is 19.0 Å². The molecule has 4 rings (SSSR count). The molecule has 0 aromatic heterocycles. The lowest BCUT2D eigenvalue weighted by atomic mass is 9.98. The third-order valence-corrected chi connectivity index (χ3v) is 5.64. The molecule has 6 nitrogen and oxygen atoms in total. The van der Waals surface area contributed by atoms with Gasteiger partial charge < -0.3 is 10.1 Å². The van der Waals surface area contributed by atoms with Gasteiger partial charge in [-0.1, -0.05) is 47.5 Å². The quantitative estimate of drug-likeness (QED) is 0.572. The van der Waals surface area contributed by atoms with Crippen LogP contribution < -0.4 is 15.5 Å². The number of hydrazone groups is 1. The predicted molar refractivity (Wildman–Crippen MR) is 128 cm³/mol. The van der Waals surface area contributed by atoms with Crippen LogP contribution in [0.25, 0.3) is 0 Å². The number of hydrogen-bond donors (Lipinski definition) is 2. The van der Waals surface area contributed by atoms with Gasteiger partial charge in [0.15, 0.2) is 6.04 Å². The van der Waals surface area contributed by atoms with Gasteiger partial charge in [0.1, 0.15) is 5.75 Å². The summed E-state index contributed by atoms with van der Waals surface area (Å²) >= 11 is 0. The highest BCUT2D eigenvalue weighted by atomic mass is 16.5. The molecule has 6 heteroatoms. The third-order valence-electron chi connectivity index (χ3n) is 5.64. The summed E-state index contributed by atoms with van der Waals surface area (Å²) in [5.41, 5.74) is 7.45. The molecule has 0 spiro atoms. The number of carbonyl (C=O) groups is 2. The second-order valence-corrected chi connectivity index (χ2v) is 8.19. The van der Waals surface area contributed by atoms with E-state index in [1.807, 2.05) is 87.6 Å². The van der Waals surface area contributed by atoms with Crippen LogP contribution in [0.5, 0.6) is 5.75 Å². The molecule has 1 aliphatic heterocycles. The van der Waals surface area contributed by atoms with Crippen molar-refractivity contribution >= 4 is 18.0 Å². The molecule has 33 heavy (non-hydrogen) atoms. The molecule has 1 saturated heterocycles. The fourth-order valence-electron chi connectivity index (χ4n) is 3.85. The van der Waals surface area contributed by atoms with Gasteiger partial charge in [-0.2, -0.15) is 0 Å². The van der Waals surface area contributed by atoms with Crippen LogP contribution in [0.3, 0.4) is 0 Å².